The third-order valence-electron chi connectivity index (χ3n) is 4.84. The lowest BCUT2D eigenvalue weighted by molar-refractivity contribution is 0.415. The fraction of sp³-hybridized carbons (Fsp3) is 0.364. The molecule has 1 heterocycles. The highest BCUT2D eigenvalue weighted by atomic mass is 32.2. The van der Waals surface area contributed by atoms with E-state index >= 15 is 0 Å². The molecular formula is C22H28N2O3S2. The molecule has 0 N–H and O–H groups in total. The van der Waals surface area contributed by atoms with Gasteiger partial charge in [0.25, 0.3) is 10.0 Å². The standard InChI is InChI=1S/C22H28N2O3S2/c1-16(2)17-6-9-19(10-7-17)29(25,26)24-15-22(28-13-12-23(3)4)20-14-18(27-5)8-11-21(20)24/h6-11,14-16H,12-13H2,1-5H3. The molecule has 0 fully saturated rings. The van der Waals surface area contributed by atoms with E-state index in [1.165, 1.54) is 3.97 Å². The van der Waals surface area contributed by atoms with E-state index in [0.29, 0.717) is 22.1 Å². The summed E-state index contributed by atoms with van der Waals surface area (Å²) in [6.45, 7) is 5.09. The van der Waals surface area contributed by atoms with E-state index in [1.807, 2.05) is 38.4 Å². The fourth-order valence-corrected chi connectivity index (χ4v) is 5.68. The lowest BCUT2D eigenvalue weighted by atomic mass is 10.0. The monoisotopic (exact) mass is 432 g/mol. The first kappa shape index (κ1) is 21.7. The smallest absolute Gasteiger partial charge is 0.268 e. The highest BCUT2D eigenvalue weighted by Crippen LogP contribution is 2.35. The second-order valence-corrected chi connectivity index (χ2v) is 10.5. The average molecular weight is 433 g/mol. The van der Waals surface area contributed by atoms with Crippen molar-refractivity contribution in [1.82, 2.24) is 8.87 Å². The Morgan fingerprint density at radius 1 is 1.10 bits per heavy atom. The number of nitrogens with zero attached hydrogens (tertiary/aromatic N) is 2. The molecule has 156 valence electrons. The van der Waals surface area contributed by atoms with E-state index in [0.717, 1.165) is 28.1 Å². The van der Waals surface area contributed by atoms with Crippen LogP contribution in [0, 0.1) is 0 Å². The third-order valence-corrected chi connectivity index (χ3v) is 7.55. The molecular weight excluding hydrogens is 404 g/mol. The Bertz CT molecular complexity index is 1090. The summed E-state index contributed by atoms with van der Waals surface area (Å²) >= 11 is 1.65. The van der Waals surface area contributed by atoms with E-state index in [-0.39, 0.29) is 0 Å². The van der Waals surface area contributed by atoms with E-state index in [9.17, 15) is 8.42 Å². The molecule has 1 aromatic heterocycles. The molecule has 0 aliphatic carbocycles. The summed E-state index contributed by atoms with van der Waals surface area (Å²) in [7, 11) is 1.97. The number of methoxy groups -OCH3 is 1. The summed E-state index contributed by atoms with van der Waals surface area (Å²) in [5.41, 5.74) is 1.78. The van der Waals surface area contributed by atoms with Crippen molar-refractivity contribution in [1.29, 1.82) is 0 Å². The number of thioether (sulfide) groups is 1. The molecule has 0 radical (unpaired) electrons. The minimum atomic E-state index is -3.70. The van der Waals surface area contributed by atoms with Gasteiger partial charge in [0, 0.05) is 28.8 Å². The Kier molecular flexibility index (Phi) is 6.61. The van der Waals surface area contributed by atoms with Crippen LogP contribution in [0.2, 0.25) is 0 Å². The first-order valence-corrected chi connectivity index (χ1v) is 12.0. The number of fused-ring (bicyclic) bond motifs is 1. The van der Waals surface area contributed by atoms with Gasteiger partial charge in [0.05, 0.1) is 17.5 Å². The first-order valence-electron chi connectivity index (χ1n) is 9.56. The molecule has 0 saturated heterocycles. The summed E-state index contributed by atoms with van der Waals surface area (Å²) in [5, 5.41) is 0.885. The zero-order valence-electron chi connectivity index (χ0n) is 17.5. The predicted molar refractivity (Wildman–Crippen MR) is 121 cm³/mol. The van der Waals surface area contributed by atoms with Crippen molar-refractivity contribution >= 4 is 32.7 Å². The van der Waals surface area contributed by atoms with Gasteiger partial charge in [-0.3, -0.25) is 0 Å². The Morgan fingerprint density at radius 2 is 1.79 bits per heavy atom. The Hall–Kier alpha value is -1.96. The van der Waals surface area contributed by atoms with Crippen LogP contribution in [0.25, 0.3) is 10.9 Å². The van der Waals surface area contributed by atoms with Gasteiger partial charge in [0.2, 0.25) is 0 Å². The number of benzene rings is 2. The zero-order valence-corrected chi connectivity index (χ0v) is 19.2. The topological polar surface area (TPSA) is 51.5 Å². The third kappa shape index (κ3) is 4.63. The molecule has 2 aromatic carbocycles. The fourth-order valence-electron chi connectivity index (χ4n) is 3.07. The van der Waals surface area contributed by atoms with Crippen LogP contribution in [-0.2, 0) is 10.0 Å². The first-order chi connectivity index (χ1) is 13.7. The van der Waals surface area contributed by atoms with Gasteiger partial charge < -0.3 is 9.64 Å². The van der Waals surface area contributed by atoms with Gasteiger partial charge in [0.15, 0.2) is 0 Å². The zero-order chi connectivity index (χ0) is 21.2. The van der Waals surface area contributed by atoms with Gasteiger partial charge in [-0.05, 0) is 55.9 Å². The van der Waals surface area contributed by atoms with Crippen LogP contribution in [0.5, 0.6) is 5.75 Å². The minimum Gasteiger partial charge on any atom is -0.497 e. The molecule has 0 spiro atoms. The van der Waals surface area contributed by atoms with E-state index in [1.54, 1.807) is 43.3 Å². The van der Waals surface area contributed by atoms with Gasteiger partial charge in [-0.25, -0.2) is 12.4 Å². The highest BCUT2D eigenvalue weighted by molar-refractivity contribution is 7.99. The number of rotatable bonds is 8. The second-order valence-electron chi connectivity index (χ2n) is 7.55. The van der Waals surface area contributed by atoms with Crippen molar-refractivity contribution < 1.29 is 13.2 Å². The van der Waals surface area contributed by atoms with Crippen molar-refractivity contribution in [2.24, 2.45) is 0 Å². The largest absolute Gasteiger partial charge is 0.497 e. The normalized spacial score (nSPS) is 12.2. The second kappa shape index (κ2) is 8.81. The Morgan fingerprint density at radius 3 is 2.38 bits per heavy atom. The molecule has 7 heteroatoms. The van der Waals surface area contributed by atoms with Gasteiger partial charge in [-0.15, -0.1) is 11.8 Å². The number of hydrogen-bond acceptors (Lipinski definition) is 5. The van der Waals surface area contributed by atoms with Gasteiger partial charge in [-0.1, -0.05) is 26.0 Å². The van der Waals surface area contributed by atoms with Crippen molar-refractivity contribution in [3.8, 4) is 5.75 Å². The Labute approximate surface area is 177 Å². The summed E-state index contributed by atoms with van der Waals surface area (Å²) in [6.07, 6.45) is 1.73. The lowest BCUT2D eigenvalue weighted by Crippen LogP contribution is -2.14. The van der Waals surface area contributed by atoms with Gasteiger partial charge >= 0.3 is 0 Å². The maximum absolute atomic E-state index is 13.4. The molecule has 5 nitrogen and oxygen atoms in total. The van der Waals surface area contributed by atoms with E-state index in [4.69, 9.17) is 4.74 Å². The quantitative estimate of drug-likeness (QED) is 0.485. The molecule has 0 saturated carbocycles. The molecule has 3 rings (SSSR count). The van der Waals surface area contributed by atoms with Crippen LogP contribution < -0.4 is 4.74 Å². The Balaban J connectivity index is 2.07. The predicted octanol–water partition coefficient (Wildman–Crippen LogP) is 4.66. The van der Waals surface area contributed by atoms with Crippen LogP contribution in [0.3, 0.4) is 0 Å². The number of aromatic nitrogens is 1. The number of ether oxygens (including phenoxy) is 1. The van der Waals surface area contributed by atoms with E-state index in [2.05, 4.69) is 18.7 Å². The molecule has 0 amide bonds. The van der Waals surface area contributed by atoms with Crippen LogP contribution in [0.4, 0.5) is 0 Å². The summed E-state index contributed by atoms with van der Waals surface area (Å²) in [5.74, 6) is 1.93. The van der Waals surface area contributed by atoms with Crippen molar-refractivity contribution in [2.75, 3.05) is 33.5 Å². The van der Waals surface area contributed by atoms with Crippen LogP contribution in [-0.4, -0.2) is 50.8 Å². The lowest BCUT2D eigenvalue weighted by Gasteiger charge is -2.10. The van der Waals surface area contributed by atoms with Crippen LogP contribution in [0.1, 0.15) is 25.3 Å². The van der Waals surface area contributed by atoms with Crippen molar-refractivity contribution in [2.45, 2.75) is 29.6 Å². The maximum Gasteiger partial charge on any atom is 0.268 e. The van der Waals surface area contributed by atoms with Crippen LogP contribution in [0.15, 0.2) is 58.5 Å². The van der Waals surface area contributed by atoms with Gasteiger partial charge in [-0.2, -0.15) is 0 Å². The SMILES string of the molecule is COc1ccc2c(c1)c(SCCN(C)C)cn2S(=O)(=O)c1ccc(C(C)C)cc1. The van der Waals surface area contributed by atoms with Crippen molar-refractivity contribution in [3.63, 3.8) is 0 Å². The molecule has 3 aromatic rings. The van der Waals surface area contributed by atoms with E-state index < -0.39 is 10.0 Å². The highest BCUT2D eigenvalue weighted by Gasteiger charge is 2.22. The van der Waals surface area contributed by atoms with Crippen LogP contribution >= 0.6 is 11.8 Å². The molecule has 0 atom stereocenters. The molecule has 29 heavy (non-hydrogen) atoms. The molecule has 0 aliphatic rings. The summed E-state index contributed by atoms with van der Waals surface area (Å²) in [4.78, 5) is 3.34. The molecule has 0 unspecified atom stereocenters. The van der Waals surface area contributed by atoms with Gasteiger partial charge in [0.1, 0.15) is 5.75 Å². The minimum absolute atomic E-state index is 0.291. The maximum atomic E-state index is 13.4. The average Bonchev–Trinajstić information content (AvgIpc) is 3.06. The molecule has 0 aliphatic heterocycles. The number of hydrogen-bond donors (Lipinski definition) is 0. The summed E-state index contributed by atoms with van der Waals surface area (Å²) < 4.78 is 33.5. The van der Waals surface area contributed by atoms with Crippen molar-refractivity contribution in [3.05, 3.63) is 54.2 Å². The summed E-state index contributed by atoms with van der Waals surface area (Å²) in [6, 6.07) is 12.7. The molecule has 0 bridgehead atoms.